The third-order valence-corrected chi connectivity index (χ3v) is 5.28. The summed E-state index contributed by atoms with van der Waals surface area (Å²) in [6, 6.07) is 11.9. The summed E-state index contributed by atoms with van der Waals surface area (Å²) in [6.07, 6.45) is 3.25. The van der Waals surface area contributed by atoms with Crippen LogP contribution >= 0.6 is 0 Å². The van der Waals surface area contributed by atoms with E-state index in [0.29, 0.717) is 22.5 Å². The summed E-state index contributed by atoms with van der Waals surface area (Å²) in [5, 5.41) is 2.85. The quantitative estimate of drug-likeness (QED) is 0.657. The fourth-order valence-corrected chi connectivity index (χ4v) is 3.60. The predicted molar refractivity (Wildman–Crippen MR) is 120 cm³/mol. The maximum atomic E-state index is 13.1. The van der Waals surface area contributed by atoms with Gasteiger partial charge in [0.2, 0.25) is 0 Å². The number of anilines is 3. The van der Waals surface area contributed by atoms with Gasteiger partial charge in [0.1, 0.15) is 0 Å². The van der Waals surface area contributed by atoms with Gasteiger partial charge in [-0.1, -0.05) is 12.1 Å². The molecule has 4 rings (SSSR count). The van der Waals surface area contributed by atoms with Crippen molar-refractivity contribution < 1.29 is 14.4 Å². The van der Waals surface area contributed by atoms with Crippen molar-refractivity contribution in [3.05, 3.63) is 82.7 Å². The molecule has 1 N–H and O–H groups in total. The molecule has 3 amide bonds. The van der Waals surface area contributed by atoms with E-state index < -0.39 is 5.91 Å². The minimum atomic E-state index is -0.429. The second kappa shape index (κ2) is 7.68. The molecule has 2 heterocycles. The van der Waals surface area contributed by atoms with Crippen LogP contribution in [0.1, 0.15) is 42.2 Å². The van der Waals surface area contributed by atoms with Crippen LogP contribution in [-0.4, -0.2) is 36.8 Å². The number of fused-ring (bicyclic) bond motifs is 1. The minimum Gasteiger partial charge on any atom is -0.375 e. The van der Waals surface area contributed by atoms with Gasteiger partial charge in [0.15, 0.2) is 0 Å². The predicted octanol–water partition coefficient (Wildman–Crippen LogP) is 3.82. The van der Waals surface area contributed by atoms with Gasteiger partial charge in [-0.15, -0.1) is 0 Å². The van der Waals surface area contributed by atoms with E-state index >= 15 is 0 Å². The summed E-state index contributed by atoms with van der Waals surface area (Å²) in [7, 11) is 3.71. The molecule has 0 unspecified atom stereocenters. The Morgan fingerprint density at radius 3 is 2.45 bits per heavy atom. The first kappa shape index (κ1) is 20.3. The normalized spacial score (nSPS) is 12.7. The number of amides is 3. The molecule has 0 spiro atoms. The molecule has 0 saturated carbocycles. The first-order valence-corrected chi connectivity index (χ1v) is 9.80. The van der Waals surface area contributed by atoms with Crippen molar-refractivity contribution in [3.63, 3.8) is 0 Å². The zero-order valence-corrected chi connectivity index (χ0v) is 17.8. The van der Waals surface area contributed by atoms with E-state index in [0.717, 1.165) is 16.8 Å². The van der Waals surface area contributed by atoms with Crippen LogP contribution in [0.4, 0.5) is 17.1 Å². The van der Waals surface area contributed by atoms with Gasteiger partial charge >= 0.3 is 0 Å². The third kappa shape index (κ3) is 3.54. The van der Waals surface area contributed by atoms with Gasteiger partial charge in [-0.3, -0.25) is 19.4 Å². The highest BCUT2D eigenvalue weighted by Gasteiger charge is 2.37. The van der Waals surface area contributed by atoms with Gasteiger partial charge in [0.25, 0.3) is 17.7 Å². The van der Waals surface area contributed by atoms with E-state index in [1.807, 2.05) is 51.0 Å². The summed E-state index contributed by atoms with van der Waals surface area (Å²) in [4.78, 5) is 46.0. The molecule has 7 nitrogen and oxygen atoms in total. The first-order chi connectivity index (χ1) is 14.8. The monoisotopic (exact) mass is 414 g/mol. The fraction of sp³-hybridized carbons (Fsp3) is 0.167. The Morgan fingerprint density at radius 1 is 0.968 bits per heavy atom. The Morgan fingerprint density at radius 2 is 1.71 bits per heavy atom. The number of benzene rings is 2. The number of nitrogens with zero attached hydrogens (tertiary/aromatic N) is 3. The van der Waals surface area contributed by atoms with E-state index in [-0.39, 0.29) is 17.4 Å². The van der Waals surface area contributed by atoms with Crippen LogP contribution in [0, 0.1) is 13.8 Å². The van der Waals surface area contributed by atoms with Crippen molar-refractivity contribution in [2.24, 2.45) is 0 Å². The molecule has 31 heavy (non-hydrogen) atoms. The molecule has 1 aliphatic rings. The molecule has 1 aromatic heterocycles. The Hall–Kier alpha value is -4.00. The molecule has 0 bridgehead atoms. The number of carbonyl (C=O) groups is 3. The van der Waals surface area contributed by atoms with E-state index in [1.54, 1.807) is 24.5 Å². The number of aromatic nitrogens is 1. The minimum absolute atomic E-state index is 0.223. The van der Waals surface area contributed by atoms with Crippen LogP contribution in [0.3, 0.4) is 0 Å². The molecular weight excluding hydrogens is 392 g/mol. The number of hydrogen-bond acceptors (Lipinski definition) is 5. The smallest absolute Gasteiger partial charge is 0.266 e. The van der Waals surface area contributed by atoms with Gasteiger partial charge in [0.05, 0.1) is 34.4 Å². The second-order valence-electron chi connectivity index (χ2n) is 7.74. The lowest BCUT2D eigenvalue weighted by atomic mass is 10.1. The third-order valence-electron chi connectivity index (χ3n) is 5.28. The SMILES string of the molecule is Cc1ccc(C)c(N2C(=O)c3ccc(C(=O)Nc4ccncc4N(C)C)cc3C2=O)c1. The molecule has 0 fully saturated rings. The van der Waals surface area contributed by atoms with Crippen molar-refractivity contribution in [2.75, 3.05) is 29.2 Å². The van der Waals surface area contributed by atoms with Crippen molar-refractivity contribution in [3.8, 4) is 0 Å². The highest BCUT2D eigenvalue weighted by Crippen LogP contribution is 2.32. The number of carbonyl (C=O) groups excluding carboxylic acids is 3. The Kier molecular flexibility index (Phi) is 5.02. The summed E-state index contributed by atoms with van der Waals surface area (Å²) in [5.74, 6) is -1.19. The first-order valence-electron chi connectivity index (χ1n) is 9.80. The van der Waals surface area contributed by atoms with Crippen molar-refractivity contribution in [1.29, 1.82) is 0 Å². The van der Waals surface area contributed by atoms with E-state index in [9.17, 15) is 14.4 Å². The molecular formula is C24H22N4O3. The summed E-state index contributed by atoms with van der Waals surface area (Å²) in [5.41, 5.74) is 4.50. The molecule has 0 atom stereocenters. The molecule has 3 aromatic rings. The van der Waals surface area contributed by atoms with Crippen molar-refractivity contribution in [2.45, 2.75) is 13.8 Å². The zero-order valence-electron chi connectivity index (χ0n) is 17.8. The number of nitrogens with one attached hydrogen (secondary N) is 1. The maximum absolute atomic E-state index is 13.1. The van der Waals surface area contributed by atoms with Gasteiger partial charge in [-0.2, -0.15) is 0 Å². The average Bonchev–Trinajstić information content (AvgIpc) is 3.00. The van der Waals surface area contributed by atoms with Gasteiger partial charge in [-0.25, -0.2) is 4.90 Å². The molecule has 0 aliphatic carbocycles. The van der Waals surface area contributed by atoms with Crippen LogP contribution < -0.4 is 15.1 Å². The van der Waals surface area contributed by atoms with Crippen molar-refractivity contribution in [1.82, 2.24) is 4.98 Å². The van der Waals surface area contributed by atoms with E-state index in [1.165, 1.54) is 17.0 Å². The fourth-order valence-electron chi connectivity index (χ4n) is 3.60. The maximum Gasteiger partial charge on any atom is 0.266 e. The highest BCUT2D eigenvalue weighted by molar-refractivity contribution is 6.35. The number of hydrogen-bond donors (Lipinski definition) is 1. The molecule has 0 radical (unpaired) electrons. The number of imide groups is 1. The van der Waals surface area contributed by atoms with Crippen LogP contribution in [-0.2, 0) is 0 Å². The lowest BCUT2D eigenvalue weighted by Gasteiger charge is -2.17. The Balaban J connectivity index is 1.66. The molecule has 7 heteroatoms. The van der Waals surface area contributed by atoms with Crippen molar-refractivity contribution >= 4 is 34.8 Å². The standard InChI is InChI=1S/C24H22N4O3/c1-14-5-6-15(2)20(11-14)28-23(30)17-8-7-16(12-18(17)24(28)31)22(29)26-19-9-10-25-13-21(19)27(3)4/h5-13H,1-4H3,(H,25,26,29). The lowest BCUT2D eigenvalue weighted by molar-refractivity contribution is 0.0925. The summed E-state index contributed by atoms with van der Waals surface area (Å²) < 4.78 is 0. The van der Waals surface area contributed by atoms with Gasteiger partial charge in [0, 0.05) is 25.9 Å². The molecule has 156 valence electrons. The number of pyridine rings is 1. The largest absolute Gasteiger partial charge is 0.375 e. The second-order valence-corrected chi connectivity index (χ2v) is 7.74. The highest BCUT2D eigenvalue weighted by atomic mass is 16.2. The van der Waals surface area contributed by atoms with Gasteiger partial charge < -0.3 is 10.2 Å². The average molecular weight is 414 g/mol. The number of aryl methyl sites for hydroxylation is 2. The zero-order chi connectivity index (χ0) is 22.3. The lowest BCUT2D eigenvalue weighted by Crippen LogP contribution is -2.30. The van der Waals surface area contributed by atoms with E-state index in [2.05, 4.69) is 10.3 Å². The van der Waals surface area contributed by atoms with Crippen LogP contribution in [0.5, 0.6) is 0 Å². The number of rotatable bonds is 4. The van der Waals surface area contributed by atoms with Gasteiger partial charge in [-0.05, 0) is 55.3 Å². The summed E-state index contributed by atoms with van der Waals surface area (Å²) in [6.45, 7) is 3.76. The van der Waals surface area contributed by atoms with Crippen LogP contribution in [0.15, 0.2) is 54.9 Å². The topological polar surface area (TPSA) is 82.6 Å². The molecule has 1 aliphatic heterocycles. The molecule has 2 aromatic carbocycles. The summed E-state index contributed by atoms with van der Waals surface area (Å²) >= 11 is 0. The Bertz CT molecular complexity index is 1230. The Labute approximate surface area is 180 Å². The van der Waals surface area contributed by atoms with Crippen LogP contribution in [0.2, 0.25) is 0 Å². The van der Waals surface area contributed by atoms with Crippen LogP contribution in [0.25, 0.3) is 0 Å². The van der Waals surface area contributed by atoms with E-state index in [4.69, 9.17) is 0 Å². The molecule has 0 saturated heterocycles.